The third-order valence-corrected chi connectivity index (χ3v) is 5.16. The van der Waals surface area contributed by atoms with Gasteiger partial charge in [-0.05, 0) is 37.1 Å². The summed E-state index contributed by atoms with van der Waals surface area (Å²) < 4.78 is 4.79. The van der Waals surface area contributed by atoms with E-state index in [1.54, 1.807) is 0 Å². The largest absolute Gasteiger partial charge is 0.467 e. The summed E-state index contributed by atoms with van der Waals surface area (Å²) in [5.74, 6) is -0.618. The summed E-state index contributed by atoms with van der Waals surface area (Å²) in [6, 6.07) is -1.09. The Morgan fingerprint density at radius 2 is 2.08 bits per heavy atom. The first-order valence-corrected chi connectivity index (χ1v) is 8.61. The monoisotopic (exact) mass is 339 g/mol. The zero-order chi connectivity index (χ0) is 17.9. The number of carbonyl (C=O) groups excluding carboxylic acids is 3. The quantitative estimate of drug-likeness (QED) is 0.622. The molecule has 0 radical (unpaired) electrons. The molecule has 0 unspecified atom stereocenters. The van der Waals surface area contributed by atoms with E-state index in [0.29, 0.717) is 18.9 Å². The molecular formula is C17H29N3O4. The van der Waals surface area contributed by atoms with Gasteiger partial charge in [0.05, 0.1) is 13.2 Å². The summed E-state index contributed by atoms with van der Waals surface area (Å²) in [6.07, 6.45) is 1.70. The lowest BCUT2D eigenvalue weighted by Crippen LogP contribution is -2.49. The van der Waals surface area contributed by atoms with Gasteiger partial charge in [-0.1, -0.05) is 20.8 Å². The minimum absolute atomic E-state index is 0.0649. The molecule has 2 amide bonds. The molecule has 0 spiro atoms. The highest BCUT2D eigenvalue weighted by atomic mass is 16.5. The van der Waals surface area contributed by atoms with Gasteiger partial charge in [-0.25, -0.2) is 4.79 Å². The van der Waals surface area contributed by atoms with Gasteiger partial charge in [0.25, 0.3) is 0 Å². The van der Waals surface area contributed by atoms with Crippen molar-refractivity contribution >= 4 is 17.8 Å². The Hall–Kier alpha value is -1.63. The standard InChI is InChI=1S/C17H29N3O4/c1-17(2,3)11-8-12(19-9-11)15(22)20-13(16(23)24-4)7-10-5-6-18-14(10)21/h10-13,19H,5-9H2,1-4H3,(H,18,21)(H,20,22)/t10-,11+,12-,13-/m0/s1. The fourth-order valence-corrected chi connectivity index (χ4v) is 3.38. The third kappa shape index (κ3) is 4.47. The number of esters is 1. The van der Waals surface area contributed by atoms with Crippen molar-refractivity contribution in [2.45, 2.75) is 52.1 Å². The van der Waals surface area contributed by atoms with Crippen molar-refractivity contribution in [3.05, 3.63) is 0 Å². The van der Waals surface area contributed by atoms with E-state index in [2.05, 4.69) is 36.7 Å². The van der Waals surface area contributed by atoms with Crippen LogP contribution in [0.4, 0.5) is 0 Å². The zero-order valence-corrected chi connectivity index (χ0v) is 15.0. The van der Waals surface area contributed by atoms with Crippen molar-refractivity contribution in [1.29, 1.82) is 0 Å². The molecule has 136 valence electrons. The first kappa shape index (κ1) is 18.7. The van der Waals surface area contributed by atoms with Crippen LogP contribution >= 0.6 is 0 Å². The Morgan fingerprint density at radius 1 is 1.38 bits per heavy atom. The molecule has 7 nitrogen and oxygen atoms in total. The zero-order valence-electron chi connectivity index (χ0n) is 15.0. The number of hydrogen-bond donors (Lipinski definition) is 3. The Labute approximate surface area is 143 Å². The number of hydrogen-bond acceptors (Lipinski definition) is 5. The van der Waals surface area contributed by atoms with E-state index in [9.17, 15) is 14.4 Å². The molecule has 4 atom stereocenters. The van der Waals surface area contributed by atoms with Gasteiger partial charge >= 0.3 is 5.97 Å². The van der Waals surface area contributed by atoms with Gasteiger partial charge in [0.1, 0.15) is 6.04 Å². The van der Waals surface area contributed by atoms with E-state index in [4.69, 9.17) is 4.74 Å². The second-order valence-electron chi connectivity index (χ2n) is 7.86. The molecule has 0 aromatic carbocycles. The van der Waals surface area contributed by atoms with Gasteiger partial charge in [-0.15, -0.1) is 0 Å². The maximum absolute atomic E-state index is 12.5. The van der Waals surface area contributed by atoms with Crippen LogP contribution in [0.1, 0.15) is 40.0 Å². The highest BCUT2D eigenvalue weighted by Crippen LogP contribution is 2.32. The second kappa shape index (κ2) is 7.51. The maximum Gasteiger partial charge on any atom is 0.328 e. The van der Waals surface area contributed by atoms with Crippen LogP contribution < -0.4 is 16.0 Å². The van der Waals surface area contributed by atoms with E-state index in [0.717, 1.165) is 13.0 Å². The average molecular weight is 339 g/mol. The van der Waals surface area contributed by atoms with Gasteiger partial charge < -0.3 is 20.7 Å². The molecule has 0 bridgehead atoms. The molecule has 2 aliphatic heterocycles. The van der Waals surface area contributed by atoms with Crippen LogP contribution in [0.3, 0.4) is 0 Å². The second-order valence-corrected chi connectivity index (χ2v) is 7.86. The third-order valence-electron chi connectivity index (χ3n) is 5.16. The highest BCUT2D eigenvalue weighted by molar-refractivity contribution is 5.88. The molecular weight excluding hydrogens is 310 g/mol. The number of rotatable bonds is 5. The molecule has 7 heteroatoms. The fourth-order valence-electron chi connectivity index (χ4n) is 3.38. The summed E-state index contributed by atoms with van der Waals surface area (Å²) in [6.45, 7) is 7.89. The molecule has 0 aromatic rings. The Bertz CT molecular complexity index is 501. The number of methoxy groups -OCH3 is 1. The van der Waals surface area contributed by atoms with E-state index < -0.39 is 12.0 Å². The van der Waals surface area contributed by atoms with Crippen molar-refractivity contribution in [2.75, 3.05) is 20.2 Å². The molecule has 0 aromatic heterocycles. The van der Waals surface area contributed by atoms with Crippen molar-refractivity contribution in [3.63, 3.8) is 0 Å². The molecule has 3 N–H and O–H groups in total. The number of amides is 2. The lowest BCUT2D eigenvalue weighted by molar-refractivity contribution is -0.146. The molecule has 0 aliphatic carbocycles. The van der Waals surface area contributed by atoms with Crippen LogP contribution in [0, 0.1) is 17.3 Å². The molecule has 2 heterocycles. The topological polar surface area (TPSA) is 96.5 Å². The van der Waals surface area contributed by atoms with Crippen LogP contribution in [0.5, 0.6) is 0 Å². The van der Waals surface area contributed by atoms with Gasteiger partial charge in [0.15, 0.2) is 0 Å². The first-order chi connectivity index (χ1) is 11.2. The smallest absolute Gasteiger partial charge is 0.328 e. The Morgan fingerprint density at radius 3 is 2.58 bits per heavy atom. The summed E-state index contributed by atoms with van der Waals surface area (Å²) in [5, 5.41) is 8.75. The van der Waals surface area contributed by atoms with E-state index in [1.165, 1.54) is 7.11 Å². The number of nitrogens with one attached hydrogen (secondary N) is 3. The lowest BCUT2D eigenvalue weighted by atomic mass is 9.79. The summed E-state index contributed by atoms with van der Waals surface area (Å²) >= 11 is 0. The average Bonchev–Trinajstić information content (AvgIpc) is 3.15. The van der Waals surface area contributed by atoms with Crippen LogP contribution in [0.15, 0.2) is 0 Å². The summed E-state index contributed by atoms with van der Waals surface area (Å²) in [7, 11) is 1.29. The van der Waals surface area contributed by atoms with Crippen molar-refractivity contribution < 1.29 is 19.1 Å². The van der Waals surface area contributed by atoms with Crippen molar-refractivity contribution in [1.82, 2.24) is 16.0 Å². The van der Waals surface area contributed by atoms with Crippen molar-refractivity contribution in [2.24, 2.45) is 17.3 Å². The molecule has 2 rings (SSSR count). The Balaban J connectivity index is 1.95. The van der Waals surface area contributed by atoms with E-state index in [1.807, 2.05) is 0 Å². The summed E-state index contributed by atoms with van der Waals surface area (Å²) in [4.78, 5) is 36.2. The minimum Gasteiger partial charge on any atom is -0.467 e. The molecule has 2 saturated heterocycles. The molecule has 24 heavy (non-hydrogen) atoms. The fraction of sp³-hybridized carbons (Fsp3) is 0.824. The number of ether oxygens (including phenoxy) is 1. The van der Waals surface area contributed by atoms with Crippen LogP contribution in [-0.4, -0.2) is 50.1 Å². The van der Waals surface area contributed by atoms with Gasteiger partial charge in [0.2, 0.25) is 11.8 Å². The van der Waals surface area contributed by atoms with Crippen LogP contribution in [0.2, 0.25) is 0 Å². The van der Waals surface area contributed by atoms with E-state index in [-0.39, 0.29) is 35.6 Å². The molecule has 0 saturated carbocycles. The van der Waals surface area contributed by atoms with Gasteiger partial charge in [-0.2, -0.15) is 0 Å². The minimum atomic E-state index is -0.785. The first-order valence-electron chi connectivity index (χ1n) is 8.61. The normalized spacial score (nSPS) is 28.3. The maximum atomic E-state index is 12.5. The SMILES string of the molecule is COC(=O)[C@H](C[C@@H]1CCNC1=O)NC(=O)[C@@H]1C[C@@H](C(C)(C)C)CN1. The van der Waals surface area contributed by atoms with Crippen LogP contribution in [-0.2, 0) is 19.1 Å². The summed E-state index contributed by atoms with van der Waals surface area (Å²) in [5.41, 5.74) is 0.131. The predicted molar refractivity (Wildman–Crippen MR) is 89.0 cm³/mol. The predicted octanol–water partition coefficient (Wildman–Crippen LogP) is 0.195. The molecule has 2 fully saturated rings. The lowest BCUT2D eigenvalue weighted by Gasteiger charge is -2.26. The Kier molecular flexibility index (Phi) is 5.85. The van der Waals surface area contributed by atoms with Crippen molar-refractivity contribution in [3.8, 4) is 0 Å². The number of carbonyl (C=O) groups is 3. The van der Waals surface area contributed by atoms with Gasteiger partial charge in [-0.3, -0.25) is 9.59 Å². The molecule has 2 aliphatic rings. The van der Waals surface area contributed by atoms with Gasteiger partial charge in [0, 0.05) is 12.5 Å². The highest BCUT2D eigenvalue weighted by Gasteiger charge is 2.38. The van der Waals surface area contributed by atoms with Crippen LogP contribution in [0.25, 0.3) is 0 Å². The van der Waals surface area contributed by atoms with E-state index >= 15 is 0 Å².